The van der Waals surface area contributed by atoms with E-state index < -0.39 is 0 Å². The molecule has 0 atom stereocenters. The van der Waals surface area contributed by atoms with Gasteiger partial charge in [0.15, 0.2) is 0 Å². The second-order valence-corrected chi connectivity index (χ2v) is 6.93. The number of ether oxygens (including phenoxy) is 1. The summed E-state index contributed by atoms with van der Waals surface area (Å²) >= 11 is 0. The van der Waals surface area contributed by atoms with Gasteiger partial charge in [0.25, 0.3) is 0 Å². The second-order valence-electron chi connectivity index (χ2n) is 6.93. The average Bonchev–Trinajstić information content (AvgIpc) is 3.31. The lowest BCUT2D eigenvalue weighted by Gasteiger charge is -2.18. The molecule has 0 saturated carbocycles. The van der Waals surface area contributed by atoms with E-state index in [4.69, 9.17) is 14.4 Å². The normalized spacial score (nSPS) is 10.5. The van der Waals surface area contributed by atoms with E-state index in [2.05, 4.69) is 16.0 Å². The minimum Gasteiger partial charge on any atom is -0.464 e. The molecule has 4 aromatic rings. The van der Waals surface area contributed by atoms with Crippen LogP contribution in [0.3, 0.4) is 0 Å². The number of aryl methyl sites for hydroxylation is 2. The highest BCUT2D eigenvalue weighted by Gasteiger charge is 2.13. The van der Waals surface area contributed by atoms with Crippen molar-refractivity contribution in [2.45, 2.75) is 13.8 Å². The molecular formula is C24H20N4O2. The third kappa shape index (κ3) is 3.87. The smallest absolute Gasteiger partial charge is 0.232 e. The van der Waals surface area contributed by atoms with Crippen LogP contribution in [-0.4, -0.2) is 17.0 Å². The largest absolute Gasteiger partial charge is 0.464 e. The maximum Gasteiger partial charge on any atom is 0.232 e. The summed E-state index contributed by atoms with van der Waals surface area (Å²) in [5, 5.41) is 8.97. The van der Waals surface area contributed by atoms with E-state index in [1.54, 1.807) is 30.7 Å². The fourth-order valence-electron chi connectivity index (χ4n) is 3.23. The summed E-state index contributed by atoms with van der Waals surface area (Å²) < 4.78 is 11.6. The Morgan fingerprint density at radius 1 is 1.03 bits per heavy atom. The van der Waals surface area contributed by atoms with Crippen molar-refractivity contribution < 1.29 is 9.15 Å². The van der Waals surface area contributed by atoms with Crippen LogP contribution < -0.4 is 9.64 Å². The van der Waals surface area contributed by atoms with Crippen LogP contribution in [0, 0.1) is 25.2 Å². The number of aromatic nitrogens is 2. The first-order valence-electron chi connectivity index (χ1n) is 9.45. The van der Waals surface area contributed by atoms with Crippen LogP contribution in [0.1, 0.15) is 16.7 Å². The quantitative estimate of drug-likeness (QED) is 0.425. The molecule has 2 aromatic carbocycles. The number of rotatable bonds is 5. The van der Waals surface area contributed by atoms with Gasteiger partial charge < -0.3 is 14.1 Å². The zero-order valence-corrected chi connectivity index (χ0v) is 17.0. The van der Waals surface area contributed by atoms with Gasteiger partial charge in [-0.15, -0.1) is 0 Å². The highest BCUT2D eigenvalue weighted by Crippen LogP contribution is 2.33. The van der Waals surface area contributed by atoms with Crippen LogP contribution >= 0.6 is 0 Å². The number of nitriles is 1. The third-order valence-corrected chi connectivity index (χ3v) is 4.77. The molecule has 0 aliphatic heterocycles. The number of nitrogens with zero attached hydrogens (tertiary/aromatic N) is 4. The summed E-state index contributed by atoms with van der Waals surface area (Å²) in [5.74, 6) is 2.54. The van der Waals surface area contributed by atoms with Gasteiger partial charge in [-0.25, -0.2) is 4.98 Å². The van der Waals surface area contributed by atoms with Gasteiger partial charge >= 0.3 is 0 Å². The van der Waals surface area contributed by atoms with Crippen LogP contribution in [0.4, 0.5) is 11.6 Å². The fourth-order valence-corrected chi connectivity index (χ4v) is 3.23. The highest BCUT2D eigenvalue weighted by atomic mass is 16.5. The predicted molar refractivity (Wildman–Crippen MR) is 115 cm³/mol. The van der Waals surface area contributed by atoms with Gasteiger partial charge in [-0.2, -0.15) is 10.2 Å². The molecule has 0 fully saturated rings. The summed E-state index contributed by atoms with van der Waals surface area (Å²) in [5.41, 5.74) is 4.46. The number of anilines is 2. The van der Waals surface area contributed by atoms with E-state index in [-0.39, 0.29) is 0 Å². The standard InChI is InChI=1S/C24H20N4O2/c1-16-13-19(21-5-4-12-29-21)14-17(2)23(16)30-22-10-11-26-24(27-22)28(3)20-8-6-18(15-25)7-9-20/h4-14H,1-3H3. The molecule has 0 spiro atoms. The predicted octanol–water partition coefficient (Wildman–Crippen LogP) is 5.79. The topological polar surface area (TPSA) is 75.2 Å². The molecule has 30 heavy (non-hydrogen) atoms. The lowest BCUT2D eigenvalue weighted by Crippen LogP contribution is -2.13. The first-order valence-corrected chi connectivity index (χ1v) is 9.45. The lowest BCUT2D eigenvalue weighted by atomic mass is 10.0. The summed E-state index contributed by atoms with van der Waals surface area (Å²) in [7, 11) is 1.87. The molecule has 2 heterocycles. The maximum atomic E-state index is 8.97. The van der Waals surface area contributed by atoms with E-state index >= 15 is 0 Å². The molecule has 0 aliphatic carbocycles. The molecule has 0 saturated heterocycles. The van der Waals surface area contributed by atoms with Gasteiger partial charge in [0.1, 0.15) is 11.5 Å². The van der Waals surface area contributed by atoms with Crippen molar-refractivity contribution in [3.8, 4) is 29.0 Å². The van der Waals surface area contributed by atoms with Gasteiger partial charge in [0.05, 0.1) is 17.9 Å². The molecule has 0 unspecified atom stereocenters. The zero-order chi connectivity index (χ0) is 21.1. The van der Waals surface area contributed by atoms with Gasteiger partial charge in [-0.3, -0.25) is 0 Å². The summed E-state index contributed by atoms with van der Waals surface area (Å²) in [6.45, 7) is 4.00. The molecule has 0 bridgehead atoms. The minimum atomic E-state index is 0.456. The zero-order valence-electron chi connectivity index (χ0n) is 17.0. The van der Waals surface area contributed by atoms with Crippen LogP contribution in [0.15, 0.2) is 71.5 Å². The Balaban J connectivity index is 1.59. The number of hydrogen-bond donors (Lipinski definition) is 0. The Hall–Kier alpha value is -4.11. The Morgan fingerprint density at radius 3 is 2.40 bits per heavy atom. The van der Waals surface area contributed by atoms with Gasteiger partial charge in [0, 0.05) is 30.6 Å². The molecule has 6 heteroatoms. The van der Waals surface area contributed by atoms with Crippen molar-refractivity contribution in [1.29, 1.82) is 5.26 Å². The summed E-state index contributed by atoms with van der Waals surface area (Å²) in [4.78, 5) is 10.7. The number of benzene rings is 2. The van der Waals surface area contributed by atoms with Gasteiger partial charge in [-0.05, 0) is 73.5 Å². The van der Waals surface area contributed by atoms with E-state index in [1.807, 2.05) is 62.2 Å². The van der Waals surface area contributed by atoms with Crippen LogP contribution in [-0.2, 0) is 0 Å². The number of hydrogen-bond acceptors (Lipinski definition) is 6. The van der Waals surface area contributed by atoms with E-state index in [0.717, 1.165) is 33.9 Å². The average molecular weight is 396 g/mol. The van der Waals surface area contributed by atoms with Gasteiger partial charge in [0.2, 0.25) is 11.8 Å². The molecule has 0 amide bonds. The SMILES string of the molecule is Cc1cc(-c2ccco2)cc(C)c1Oc1ccnc(N(C)c2ccc(C#N)cc2)n1. The Morgan fingerprint density at radius 2 is 1.77 bits per heavy atom. The van der Waals surface area contributed by atoms with Crippen molar-refractivity contribution in [1.82, 2.24) is 9.97 Å². The van der Waals surface area contributed by atoms with Crippen LogP contribution in [0.25, 0.3) is 11.3 Å². The second kappa shape index (κ2) is 8.10. The maximum absolute atomic E-state index is 8.97. The van der Waals surface area contributed by atoms with Crippen molar-refractivity contribution in [2.75, 3.05) is 11.9 Å². The molecule has 6 nitrogen and oxygen atoms in total. The van der Waals surface area contributed by atoms with E-state index in [9.17, 15) is 0 Å². The Bertz CT molecular complexity index is 1190. The molecule has 0 aliphatic rings. The van der Waals surface area contributed by atoms with E-state index in [0.29, 0.717) is 17.4 Å². The summed E-state index contributed by atoms with van der Waals surface area (Å²) in [6, 6.07) is 19.0. The Labute approximate surface area is 175 Å². The van der Waals surface area contributed by atoms with Crippen LogP contribution in [0.5, 0.6) is 11.6 Å². The monoisotopic (exact) mass is 396 g/mol. The van der Waals surface area contributed by atoms with Crippen molar-refractivity contribution in [2.24, 2.45) is 0 Å². The number of furan rings is 1. The third-order valence-electron chi connectivity index (χ3n) is 4.77. The first kappa shape index (κ1) is 19.2. The molecule has 0 N–H and O–H groups in total. The lowest BCUT2D eigenvalue weighted by molar-refractivity contribution is 0.455. The highest BCUT2D eigenvalue weighted by molar-refractivity contribution is 5.63. The van der Waals surface area contributed by atoms with Crippen molar-refractivity contribution >= 4 is 11.6 Å². The molecule has 148 valence electrons. The van der Waals surface area contributed by atoms with Gasteiger partial charge in [-0.1, -0.05) is 0 Å². The molecule has 2 aromatic heterocycles. The van der Waals surface area contributed by atoms with Crippen molar-refractivity contribution in [3.63, 3.8) is 0 Å². The molecule has 0 radical (unpaired) electrons. The van der Waals surface area contributed by atoms with E-state index in [1.165, 1.54) is 0 Å². The summed E-state index contributed by atoms with van der Waals surface area (Å²) in [6.07, 6.45) is 3.33. The van der Waals surface area contributed by atoms with Crippen molar-refractivity contribution in [3.05, 3.63) is 83.7 Å². The molecule has 4 rings (SSSR count). The molecular weight excluding hydrogens is 376 g/mol. The minimum absolute atomic E-state index is 0.456. The Kier molecular flexibility index (Phi) is 5.19. The fraction of sp³-hybridized carbons (Fsp3) is 0.125. The van der Waals surface area contributed by atoms with Crippen LogP contribution in [0.2, 0.25) is 0 Å². The first-order chi connectivity index (χ1) is 14.5.